The summed E-state index contributed by atoms with van der Waals surface area (Å²) in [4.78, 5) is 7.28. The first-order chi connectivity index (χ1) is 12.9. The average molecular weight is 385 g/mol. The van der Waals surface area contributed by atoms with Crippen molar-refractivity contribution in [3.63, 3.8) is 0 Å². The molecule has 1 aromatic heterocycles. The van der Waals surface area contributed by atoms with Gasteiger partial charge in [-0.2, -0.15) is 0 Å². The summed E-state index contributed by atoms with van der Waals surface area (Å²) in [6.45, 7) is 6.10. The molecular weight excluding hydrogens is 363 g/mol. The summed E-state index contributed by atoms with van der Waals surface area (Å²) in [6, 6.07) is 14.1. The van der Waals surface area contributed by atoms with Gasteiger partial charge in [-0.3, -0.25) is 4.90 Å². The fourth-order valence-corrected chi connectivity index (χ4v) is 3.57. The molecule has 4 rings (SSSR count). The maximum atomic E-state index is 13.4. The molecule has 1 aliphatic heterocycles. The Morgan fingerprint density at radius 1 is 1.04 bits per heavy atom. The highest BCUT2D eigenvalue weighted by Crippen LogP contribution is 2.38. The molecule has 0 unspecified atom stereocenters. The predicted octanol–water partition coefficient (Wildman–Crippen LogP) is 5.27. The fraction of sp³-hybridized carbons (Fsp3) is 0.286. The molecule has 140 valence electrons. The zero-order chi connectivity index (χ0) is 19.2. The van der Waals surface area contributed by atoms with Gasteiger partial charge in [0.15, 0.2) is 0 Å². The van der Waals surface area contributed by atoms with Gasteiger partial charge in [0, 0.05) is 29.4 Å². The van der Waals surface area contributed by atoms with E-state index < -0.39 is 0 Å². The summed E-state index contributed by atoms with van der Waals surface area (Å²) in [5, 5.41) is 4.20. The highest BCUT2D eigenvalue weighted by atomic mass is 35.5. The molecule has 0 amide bonds. The van der Waals surface area contributed by atoms with Crippen LogP contribution in [0.25, 0.3) is 11.3 Å². The molecule has 2 heterocycles. The lowest BCUT2D eigenvalue weighted by Crippen LogP contribution is -2.46. The molecule has 1 N–H and O–H groups in total. The molecule has 4 nitrogen and oxygen atoms in total. The van der Waals surface area contributed by atoms with E-state index >= 15 is 0 Å². The summed E-state index contributed by atoms with van der Waals surface area (Å²) in [5.41, 5.74) is 2.44. The van der Waals surface area contributed by atoms with E-state index in [0.29, 0.717) is 5.02 Å². The van der Waals surface area contributed by atoms with Crippen molar-refractivity contribution < 1.29 is 4.39 Å². The Bertz CT molecular complexity index is 961. The molecular formula is C21H22ClFN4. The molecule has 2 aromatic carbocycles. The SMILES string of the molecule is CN1CCn2c(nc(-c3ccc(F)cc3)c2Nc2ccc(Cl)cc2)C1(C)C. The summed E-state index contributed by atoms with van der Waals surface area (Å²) < 4.78 is 15.7. The van der Waals surface area contributed by atoms with Gasteiger partial charge in [0.1, 0.15) is 23.2 Å². The molecule has 0 spiro atoms. The third-order valence-electron chi connectivity index (χ3n) is 5.35. The van der Waals surface area contributed by atoms with Crippen molar-refractivity contribution >= 4 is 23.1 Å². The number of likely N-dealkylation sites (N-methyl/N-ethyl adjacent to an activating group) is 1. The van der Waals surface area contributed by atoms with Gasteiger partial charge in [-0.1, -0.05) is 11.6 Å². The lowest BCUT2D eigenvalue weighted by Gasteiger charge is -2.39. The molecule has 0 atom stereocenters. The molecule has 0 aliphatic carbocycles. The number of fused-ring (bicyclic) bond motifs is 1. The predicted molar refractivity (Wildman–Crippen MR) is 108 cm³/mol. The van der Waals surface area contributed by atoms with E-state index in [4.69, 9.17) is 16.6 Å². The molecule has 0 bridgehead atoms. The zero-order valence-electron chi connectivity index (χ0n) is 15.6. The molecule has 1 aliphatic rings. The topological polar surface area (TPSA) is 33.1 Å². The third kappa shape index (κ3) is 3.22. The molecule has 6 heteroatoms. The summed E-state index contributed by atoms with van der Waals surface area (Å²) >= 11 is 6.02. The van der Waals surface area contributed by atoms with Gasteiger partial charge >= 0.3 is 0 Å². The Morgan fingerprint density at radius 3 is 2.37 bits per heavy atom. The maximum absolute atomic E-state index is 13.4. The largest absolute Gasteiger partial charge is 0.340 e. The van der Waals surface area contributed by atoms with Crippen LogP contribution in [0.4, 0.5) is 15.9 Å². The number of aromatic nitrogens is 2. The average Bonchev–Trinajstić information content (AvgIpc) is 3.01. The Morgan fingerprint density at radius 2 is 1.70 bits per heavy atom. The number of hydrogen-bond acceptors (Lipinski definition) is 3. The Balaban J connectivity index is 1.86. The van der Waals surface area contributed by atoms with Crippen LogP contribution in [0.1, 0.15) is 19.7 Å². The van der Waals surface area contributed by atoms with Crippen molar-refractivity contribution in [1.29, 1.82) is 0 Å². The van der Waals surface area contributed by atoms with Gasteiger partial charge < -0.3 is 9.88 Å². The van der Waals surface area contributed by atoms with E-state index in [1.165, 1.54) is 12.1 Å². The van der Waals surface area contributed by atoms with Crippen LogP contribution in [-0.2, 0) is 12.1 Å². The summed E-state index contributed by atoms with van der Waals surface area (Å²) in [7, 11) is 2.11. The van der Waals surface area contributed by atoms with Crippen LogP contribution in [0.15, 0.2) is 48.5 Å². The highest BCUT2D eigenvalue weighted by Gasteiger charge is 2.37. The first kappa shape index (κ1) is 18.0. The Hall–Kier alpha value is -2.37. The molecule has 27 heavy (non-hydrogen) atoms. The number of rotatable bonds is 3. The first-order valence-electron chi connectivity index (χ1n) is 8.97. The van der Waals surface area contributed by atoms with E-state index in [0.717, 1.165) is 41.7 Å². The van der Waals surface area contributed by atoms with Gasteiger partial charge in [0.25, 0.3) is 0 Å². The number of benzene rings is 2. The summed E-state index contributed by atoms with van der Waals surface area (Å²) in [6.07, 6.45) is 0. The van der Waals surface area contributed by atoms with Crippen LogP contribution in [0.5, 0.6) is 0 Å². The molecule has 0 saturated carbocycles. The number of nitrogens with zero attached hydrogens (tertiary/aromatic N) is 3. The second-order valence-electron chi connectivity index (χ2n) is 7.40. The minimum atomic E-state index is -0.255. The second-order valence-corrected chi connectivity index (χ2v) is 7.84. The van der Waals surface area contributed by atoms with Gasteiger partial charge in [-0.05, 0) is 69.4 Å². The third-order valence-corrected chi connectivity index (χ3v) is 5.60. The van der Waals surface area contributed by atoms with Gasteiger partial charge in [0.05, 0.1) is 5.54 Å². The highest BCUT2D eigenvalue weighted by molar-refractivity contribution is 6.30. The van der Waals surface area contributed by atoms with Crippen LogP contribution >= 0.6 is 11.6 Å². The smallest absolute Gasteiger partial charge is 0.138 e. The molecule has 0 radical (unpaired) electrons. The molecule has 0 fully saturated rings. The van der Waals surface area contributed by atoms with Crippen LogP contribution in [0.2, 0.25) is 5.02 Å². The standard InChI is InChI=1S/C21H22ClFN4/c1-21(2)20-25-18(14-4-8-16(23)9-5-14)19(27(20)13-12-26(21)3)24-17-10-6-15(22)7-11-17/h4-11,24H,12-13H2,1-3H3. The van der Waals surface area contributed by atoms with E-state index in [1.54, 1.807) is 12.1 Å². The van der Waals surface area contributed by atoms with Gasteiger partial charge in [0.2, 0.25) is 0 Å². The minimum absolute atomic E-state index is 0.201. The lowest BCUT2D eigenvalue weighted by molar-refractivity contribution is 0.111. The first-order valence-corrected chi connectivity index (χ1v) is 9.35. The number of imidazole rings is 1. The van der Waals surface area contributed by atoms with E-state index in [9.17, 15) is 4.39 Å². The van der Waals surface area contributed by atoms with E-state index in [2.05, 4.69) is 35.7 Å². The quantitative estimate of drug-likeness (QED) is 0.668. The number of halogens is 2. The maximum Gasteiger partial charge on any atom is 0.138 e. The van der Waals surface area contributed by atoms with E-state index in [1.807, 2.05) is 24.3 Å². The lowest BCUT2D eigenvalue weighted by atomic mass is 10.0. The molecule has 0 saturated heterocycles. The van der Waals surface area contributed by atoms with Crippen molar-refractivity contribution in [1.82, 2.24) is 14.5 Å². The second kappa shape index (κ2) is 6.66. The van der Waals surface area contributed by atoms with Crippen molar-refractivity contribution in [3.05, 3.63) is 65.2 Å². The van der Waals surface area contributed by atoms with Gasteiger partial charge in [-0.25, -0.2) is 9.37 Å². The Kier molecular flexibility index (Phi) is 4.44. The van der Waals surface area contributed by atoms with Crippen molar-refractivity contribution in [2.45, 2.75) is 25.9 Å². The number of nitrogens with one attached hydrogen (secondary N) is 1. The van der Waals surface area contributed by atoms with Crippen LogP contribution in [-0.4, -0.2) is 28.0 Å². The Labute approximate surface area is 163 Å². The monoisotopic (exact) mass is 384 g/mol. The minimum Gasteiger partial charge on any atom is -0.340 e. The van der Waals surface area contributed by atoms with Crippen LogP contribution in [0, 0.1) is 5.82 Å². The molecule has 3 aromatic rings. The van der Waals surface area contributed by atoms with Crippen LogP contribution < -0.4 is 5.32 Å². The van der Waals surface area contributed by atoms with E-state index in [-0.39, 0.29) is 11.4 Å². The van der Waals surface area contributed by atoms with Crippen molar-refractivity contribution in [3.8, 4) is 11.3 Å². The number of hydrogen-bond donors (Lipinski definition) is 1. The van der Waals surface area contributed by atoms with Gasteiger partial charge in [-0.15, -0.1) is 0 Å². The fourth-order valence-electron chi connectivity index (χ4n) is 3.44. The van der Waals surface area contributed by atoms with Crippen molar-refractivity contribution in [2.24, 2.45) is 0 Å². The van der Waals surface area contributed by atoms with Crippen molar-refractivity contribution in [2.75, 3.05) is 18.9 Å². The number of anilines is 2. The normalized spacial score (nSPS) is 16.2. The van der Waals surface area contributed by atoms with Crippen LogP contribution in [0.3, 0.4) is 0 Å². The summed E-state index contributed by atoms with van der Waals surface area (Å²) in [5.74, 6) is 1.65. The zero-order valence-corrected chi connectivity index (χ0v) is 16.4.